The van der Waals surface area contributed by atoms with Crippen LogP contribution in [0.2, 0.25) is 5.02 Å². The Hall–Kier alpha value is -1.49. The fourth-order valence-corrected chi connectivity index (χ4v) is 2.46. The van der Waals surface area contributed by atoms with Gasteiger partial charge in [-0.25, -0.2) is 8.78 Å². The van der Waals surface area contributed by atoms with Crippen molar-refractivity contribution >= 4 is 11.6 Å². The van der Waals surface area contributed by atoms with E-state index in [1.807, 2.05) is 11.9 Å². The summed E-state index contributed by atoms with van der Waals surface area (Å²) in [5.41, 5.74) is 7.23. The van der Waals surface area contributed by atoms with E-state index in [2.05, 4.69) is 0 Å². The molecule has 1 unspecified atom stereocenters. The summed E-state index contributed by atoms with van der Waals surface area (Å²) < 4.78 is 26.9. The summed E-state index contributed by atoms with van der Waals surface area (Å²) in [6.45, 7) is 0.820. The highest BCUT2D eigenvalue weighted by Gasteiger charge is 2.19. The molecular formula is C16H17ClF2N2. The molecule has 0 heterocycles. The molecule has 0 aliphatic heterocycles. The number of hydrogen-bond donors (Lipinski definition) is 1. The van der Waals surface area contributed by atoms with E-state index in [9.17, 15) is 8.78 Å². The van der Waals surface area contributed by atoms with Crippen LogP contribution in [0.15, 0.2) is 42.5 Å². The molecule has 2 rings (SSSR count). The smallest absolute Gasteiger partial charge is 0.129 e. The van der Waals surface area contributed by atoms with Crippen LogP contribution in [-0.2, 0) is 6.54 Å². The van der Waals surface area contributed by atoms with Crippen LogP contribution in [0.25, 0.3) is 0 Å². The lowest BCUT2D eigenvalue weighted by atomic mass is 10.0. The van der Waals surface area contributed by atoms with Gasteiger partial charge >= 0.3 is 0 Å². The number of likely N-dealkylation sites (N-methyl/N-ethyl adjacent to an activating group) is 1. The Bertz CT molecular complexity index is 602. The van der Waals surface area contributed by atoms with Crippen molar-refractivity contribution in [3.8, 4) is 0 Å². The molecule has 0 aromatic heterocycles. The van der Waals surface area contributed by atoms with Crippen LogP contribution in [-0.4, -0.2) is 18.5 Å². The monoisotopic (exact) mass is 310 g/mol. The van der Waals surface area contributed by atoms with Gasteiger partial charge in [0.1, 0.15) is 11.6 Å². The molecule has 2 N–H and O–H groups in total. The van der Waals surface area contributed by atoms with Gasteiger partial charge in [0.15, 0.2) is 0 Å². The van der Waals surface area contributed by atoms with Crippen LogP contribution in [0.3, 0.4) is 0 Å². The average molecular weight is 311 g/mol. The van der Waals surface area contributed by atoms with Gasteiger partial charge in [-0.1, -0.05) is 29.8 Å². The van der Waals surface area contributed by atoms with Crippen molar-refractivity contribution < 1.29 is 8.78 Å². The maximum atomic E-state index is 14.0. The number of rotatable bonds is 5. The zero-order chi connectivity index (χ0) is 15.4. The summed E-state index contributed by atoms with van der Waals surface area (Å²) in [5, 5.41) is 0.355. The molecule has 0 saturated heterocycles. The van der Waals surface area contributed by atoms with E-state index in [4.69, 9.17) is 17.3 Å². The van der Waals surface area contributed by atoms with Gasteiger partial charge < -0.3 is 5.73 Å². The molecule has 0 aliphatic rings. The molecule has 0 amide bonds. The van der Waals surface area contributed by atoms with Crippen LogP contribution < -0.4 is 5.73 Å². The SMILES string of the molecule is CN(Cc1ccc(F)cc1)C(CN)c1ccc(Cl)cc1F. The van der Waals surface area contributed by atoms with Crippen molar-refractivity contribution in [1.82, 2.24) is 4.90 Å². The molecule has 21 heavy (non-hydrogen) atoms. The lowest BCUT2D eigenvalue weighted by Crippen LogP contribution is -2.30. The van der Waals surface area contributed by atoms with E-state index >= 15 is 0 Å². The van der Waals surface area contributed by atoms with Crippen molar-refractivity contribution in [3.05, 3.63) is 70.2 Å². The van der Waals surface area contributed by atoms with Gasteiger partial charge in [-0.3, -0.25) is 4.90 Å². The van der Waals surface area contributed by atoms with Crippen LogP contribution >= 0.6 is 11.6 Å². The Labute approximate surface area is 128 Å². The van der Waals surface area contributed by atoms with Gasteiger partial charge in [0.2, 0.25) is 0 Å². The molecule has 0 fully saturated rings. The minimum absolute atomic E-state index is 0.271. The molecule has 0 spiro atoms. The van der Waals surface area contributed by atoms with Crippen molar-refractivity contribution in [2.24, 2.45) is 5.73 Å². The molecule has 0 saturated carbocycles. The second kappa shape index (κ2) is 6.98. The number of benzene rings is 2. The first-order valence-electron chi connectivity index (χ1n) is 6.61. The first-order valence-corrected chi connectivity index (χ1v) is 6.98. The molecule has 0 aliphatic carbocycles. The Morgan fingerprint density at radius 3 is 2.38 bits per heavy atom. The minimum atomic E-state index is -0.371. The molecule has 112 valence electrons. The van der Waals surface area contributed by atoms with Gasteiger partial charge in [0.05, 0.1) is 0 Å². The first-order chi connectivity index (χ1) is 10.0. The van der Waals surface area contributed by atoms with Gasteiger partial charge in [0, 0.05) is 29.7 Å². The maximum Gasteiger partial charge on any atom is 0.129 e. The van der Waals surface area contributed by atoms with E-state index in [0.29, 0.717) is 17.1 Å². The van der Waals surface area contributed by atoms with Crippen molar-refractivity contribution in [1.29, 1.82) is 0 Å². The van der Waals surface area contributed by atoms with Gasteiger partial charge in [-0.2, -0.15) is 0 Å². The van der Waals surface area contributed by atoms with E-state index in [1.54, 1.807) is 24.3 Å². The Morgan fingerprint density at radius 1 is 1.14 bits per heavy atom. The van der Waals surface area contributed by atoms with Crippen molar-refractivity contribution in [3.63, 3.8) is 0 Å². The second-order valence-corrected chi connectivity index (χ2v) is 5.40. The van der Waals surface area contributed by atoms with Crippen LogP contribution in [0.1, 0.15) is 17.2 Å². The summed E-state index contributed by atoms with van der Waals surface area (Å²) in [4.78, 5) is 1.93. The summed E-state index contributed by atoms with van der Waals surface area (Å²) in [5.74, 6) is -0.649. The molecule has 2 nitrogen and oxygen atoms in total. The van der Waals surface area contributed by atoms with Crippen LogP contribution in [0.5, 0.6) is 0 Å². The zero-order valence-corrected chi connectivity index (χ0v) is 12.4. The van der Waals surface area contributed by atoms with Crippen LogP contribution in [0.4, 0.5) is 8.78 Å². The standard InChI is InChI=1S/C16H17ClF2N2/c1-21(10-11-2-5-13(18)6-3-11)16(9-20)14-7-4-12(17)8-15(14)19/h2-8,16H,9-10,20H2,1H3. The molecular weight excluding hydrogens is 294 g/mol. The predicted molar refractivity (Wildman–Crippen MR) is 81.1 cm³/mol. The lowest BCUT2D eigenvalue weighted by Gasteiger charge is -2.27. The Balaban J connectivity index is 2.18. The highest BCUT2D eigenvalue weighted by Crippen LogP contribution is 2.25. The number of halogens is 3. The molecule has 2 aromatic carbocycles. The van der Waals surface area contributed by atoms with E-state index in [-0.39, 0.29) is 24.2 Å². The molecule has 5 heteroatoms. The highest BCUT2D eigenvalue weighted by molar-refractivity contribution is 6.30. The van der Waals surface area contributed by atoms with E-state index in [1.165, 1.54) is 18.2 Å². The summed E-state index contributed by atoms with van der Waals surface area (Å²) >= 11 is 5.77. The molecule has 1 atom stereocenters. The minimum Gasteiger partial charge on any atom is -0.329 e. The number of nitrogens with two attached hydrogens (primary N) is 1. The number of hydrogen-bond acceptors (Lipinski definition) is 2. The third-order valence-electron chi connectivity index (χ3n) is 3.42. The second-order valence-electron chi connectivity index (χ2n) is 4.96. The maximum absolute atomic E-state index is 14.0. The Morgan fingerprint density at radius 2 is 1.81 bits per heavy atom. The van der Waals surface area contributed by atoms with E-state index < -0.39 is 0 Å². The summed E-state index contributed by atoms with van der Waals surface area (Å²) in [6.07, 6.45) is 0. The quantitative estimate of drug-likeness (QED) is 0.911. The zero-order valence-electron chi connectivity index (χ0n) is 11.7. The largest absolute Gasteiger partial charge is 0.329 e. The van der Waals surface area contributed by atoms with Gasteiger partial charge in [0.25, 0.3) is 0 Å². The fraction of sp³-hybridized carbons (Fsp3) is 0.250. The normalized spacial score (nSPS) is 12.7. The summed E-state index contributed by atoms with van der Waals surface area (Å²) in [6, 6.07) is 10.5. The van der Waals surface area contributed by atoms with Crippen molar-refractivity contribution in [2.75, 3.05) is 13.6 Å². The summed E-state index contributed by atoms with van der Waals surface area (Å²) in [7, 11) is 1.86. The molecule has 2 aromatic rings. The highest BCUT2D eigenvalue weighted by atomic mass is 35.5. The number of nitrogens with zero attached hydrogens (tertiary/aromatic N) is 1. The Kier molecular flexibility index (Phi) is 5.28. The van der Waals surface area contributed by atoms with Crippen LogP contribution in [0, 0.1) is 11.6 Å². The first kappa shape index (κ1) is 15.9. The van der Waals surface area contributed by atoms with Gasteiger partial charge in [-0.05, 0) is 36.9 Å². The average Bonchev–Trinajstić information content (AvgIpc) is 2.44. The van der Waals surface area contributed by atoms with Crippen molar-refractivity contribution in [2.45, 2.75) is 12.6 Å². The lowest BCUT2D eigenvalue weighted by molar-refractivity contribution is 0.236. The third-order valence-corrected chi connectivity index (χ3v) is 3.66. The van der Waals surface area contributed by atoms with Gasteiger partial charge in [-0.15, -0.1) is 0 Å². The third kappa shape index (κ3) is 4.00. The fourth-order valence-electron chi connectivity index (χ4n) is 2.30. The molecule has 0 radical (unpaired) electrons. The van der Waals surface area contributed by atoms with E-state index in [0.717, 1.165) is 5.56 Å². The molecule has 0 bridgehead atoms. The topological polar surface area (TPSA) is 29.3 Å². The predicted octanol–water partition coefficient (Wildman–Crippen LogP) is 3.75.